The summed E-state index contributed by atoms with van der Waals surface area (Å²) in [5, 5.41) is 12.0. The van der Waals surface area contributed by atoms with Gasteiger partial charge in [-0.05, 0) is 6.42 Å². The SMILES string of the molecule is CCCCCCCCCCCCCCNC(=O)CC(CC(=O)O)[C@H](N)[N+](C)(C)C.Cl. The smallest absolute Gasteiger partial charge is 0.303 e. The van der Waals surface area contributed by atoms with Gasteiger partial charge in [-0.3, -0.25) is 15.3 Å². The third-order valence-electron chi connectivity index (χ3n) is 5.61. The predicted octanol–water partition coefficient (Wildman–Crippen LogP) is 4.70. The number of halogens is 1. The second-order valence-electron chi connectivity index (χ2n) is 9.41. The molecule has 180 valence electrons. The molecule has 30 heavy (non-hydrogen) atoms. The van der Waals surface area contributed by atoms with E-state index >= 15 is 0 Å². The average Bonchev–Trinajstić information content (AvgIpc) is 2.63. The van der Waals surface area contributed by atoms with Crippen LogP contribution in [0.1, 0.15) is 96.8 Å². The average molecular weight is 451 g/mol. The summed E-state index contributed by atoms with van der Waals surface area (Å²) < 4.78 is 0.434. The predicted molar refractivity (Wildman–Crippen MR) is 128 cm³/mol. The summed E-state index contributed by atoms with van der Waals surface area (Å²) in [6.07, 6.45) is 15.2. The maximum atomic E-state index is 12.2. The summed E-state index contributed by atoms with van der Waals surface area (Å²) in [6.45, 7) is 2.92. The Labute approximate surface area is 191 Å². The van der Waals surface area contributed by atoms with Gasteiger partial charge in [-0.1, -0.05) is 77.6 Å². The Morgan fingerprint density at radius 1 is 0.833 bits per heavy atom. The van der Waals surface area contributed by atoms with E-state index in [0.29, 0.717) is 11.0 Å². The molecule has 0 aromatic carbocycles. The Hall–Kier alpha value is -0.850. The second kappa shape index (κ2) is 18.9. The number of carboxylic acids is 1. The first-order valence-electron chi connectivity index (χ1n) is 11.7. The molecule has 0 saturated carbocycles. The monoisotopic (exact) mass is 450 g/mol. The van der Waals surface area contributed by atoms with Gasteiger partial charge in [0.15, 0.2) is 0 Å². The van der Waals surface area contributed by atoms with Crippen molar-refractivity contribution in [2.24, 2.45) is 11.7 Å². The molecule has 0 aliphatic rings. The number of unbranched alkanes of at least 4 members (excludes halogenated alkanes) is 11. The summed E-state index contributed by atoms with van der Waals surface area (Å²) in [4.78, 5) is 23.3. The molecule has 0 aromatic rings. The van der Waals surface area contributed by atoms with E-state index in [1.807, 2.05) is 21.1 Å². The number of aliphatic carboxylic acids is 1. The highest BCUT2D eigenvalue weighted by atomic mass is 35.5. The van der Waals surface area contributed by atoms with E-state index < -0.39 is 5.97 Å². The first-order chi connectivity index (χ1) is 13.7. The highest BCUT2D eigenvalue weighted by Gasteiger charge is 2.32. The van der Waals surface area contributed by atoms with Crippen LogP contribution >= 0.6 is 12.4 Å². The van der Waals surface area contributed by atoms with Gasteiger partial charge in [-0.2, -0.15) is 0 Å². The molecule has 0 heterocycles. The van der Waals surface area contributed by atoms with Crippen molar-refractivity contribution < 1.29 is 19.2 Å². The number of hydrogen-bond donors (Lipinski definition) is 3. The van der Waals surface area contributed by atoms with Crippen molar-refractivity contribution in [2.75, 3.05) is 27.7 Å². The van der Waals surface area contributed by atoms with Gasteiger partial charge >= 0.3 is 5.97 Å². The minimum Gasteiger partial charge on any atom is -0.481 e. The second-order valence-corrected chi connectivity index (χ2v) is 9.41. The lowest BCUT2D eigenvalue weighted by molar-refractivity contribution is -0.899. The zero-order valence-electron chi connectivity index (χ0n) is 20.0. The van der Waals surface area contributed by atoms with E-state index in [-0.39, 0.29) is 43.2 Å². The Balaban J connectivity index is 0. The molecular weight excluding hydrogens is 402 g/mol. The summed E-state index contributed by atoms with van der Waals surface area (Å²) >= 11 is 0. The lowest BCUT2D eigenvalue weighted by Crippen LogP contribution is -2.56. The molecule has 0 saturated heterocycles. The molecular formula is C23H49ClN3O3+. The topological polar surface area (TPSA) is 92.4 Å². The Kier molecular flexibility index (Phi) is 19.7. The largest absolute Gasteiger partial charge is 0.481 e. The standard InChI is InChI=1S/C23H47N3O3.ClH/c1-5-6-7-8-9-10-11-12-13-14-15-16-17-25-21(27)18-20(19-22(28)29)23(24)26(2,3)4;/h20,23H,5-19,24H2,1-4H3,(H-,25,27,28,29);1H/p+1/t20?,23-;/m1./s1. The highest BCUT2D eigenvalue weighted by molar-refractivity contribution is 5.85. The van der Waals surface area contributed by atoms with Gasteiger partial charge in [-0.25, -0.2) is 0 Å². The third kappa shape index (κ3) is 18.0. The van der Waals surface area contributed by atoms with E-state index in [1.165, 1.54) is 64.2 Å². The van der Waals surface area contributed by atoms with Crippen LogP contribution in [0.2, 0.25) is 0 Å². The highest BCUT2D eigenvalue weighted by Crippen LogP contribution is 2.18. The minimum atomic E-state index is -0.910. The van der Waals surface area contributed by atoms with Crippen LogP contribution in [0.4, 0.5) is 0 Å². The molecule has 0 aliphatic carbocycles. The van der Waals surface area contributed by atoms with Gasteiger partial charge in [-0.15, -0.1) is 12.4 Å². The van der Waals surface area contributed by atoms with Crippen molar-refractivity contribution in [1.29, 1.82) is 0 Å². The first kappa shape index (κ1) is 31.3. The number of nitrogens with zero attached hydrogens (tertiary/aromatic N) is 1. The van der Waals surface area contributed by atoms with Crippen molar-refractivity contribution in [3.8, 4) is 0 Å². The Morgan fingerprint density at radius 2 is 1.27 bits per heavy atom. The molecule has 0 aromatic heterocycles. The van der Waals surface area contributed by atoms with Crippen LogP contribution in [-0.2, 0) is 9.59 Å². The van der Waals surface area contributed by atoms with Crippen molar-refractivity contribution in [3.05, 3.63) is 0 Å². The van der Waals surface area contributed by atoms with E-state index in [1.54, 1.807) is 0 Å². The summed E-state index contributed by atoms with van der Waals surface area (Å²) in [7, 11) is 5.76. The van der Waals surface area contributed by atoms with E-state index in [4.69, 9.17) is 10.8 Å². The van der Waals surface area contributed by atoms with Crippen molar-refractivity contribution in [2.45, 2.75) is 103 Å². The number of carbonyl (C=O) groups is 2. The van der Waals surface area contributed by atoms with Crippen LogP contribution in [0.3, 0.4) is 0 Å². The molecule has 2 atom stereocenters. The zero-order chi connectivity index (χ0) is 22.1. The fourth-order valence-electron chi connectivity index (χ4n) is 3.67. The number of nitrogens with two attached hydrogens (primary N) is 1. The number of carboxylic acid groups (broad SMARTS) is 1. The maximum absolute atomic E-state index is 12.2. The lowest BCUT2D eigenvalue weighted by atomic mass is 9.96. The van der Waals surface area contributed by atoms with Crippen molar-refractivity contribution >= 4 is 24.3 Å². The molecule has 4 N–H and O–H groups in total. The molecule has 0 fully saturated rings. The minimum absolute atomic E-state index is 0. The van der Waals surface area contributed by atoms with Crippen molar-refractivity contribution in [1.82, 2.24) is 5.32 Å². The fourth-order valence-corrected chi connectivity index (χ4v) is 3.67. The number of carbonyl (C=O) groups excluding carboxylic acids is 1. The van der Waals surface area contributed by atoms with Gasteiger partial charge in [0.1, 0.15) is 6.17 Å². The number of hydrogen-bond acceptors (Lipinski definition) is 3. The van der Waals surface area contributed by atoms with E-state index in [0.717, 1.165) is 12.8 Å². The quantitative estimate of drug-likeness (QED) is 0.151. The van der Waals surface area contributed by atoms with Gasteiger partial charge < -0.3 is 14.9 Å². The number of quaternary nitrogens is 1. The molecule has 1 amide bonds. The maximum Gasteiger partial charge on any atom is 0.303 e. The fraction of sp³-hybridized carbons (Fsp3) is 0.913. The molecule has 0 radical (unpaired) electrons. The van der Waals surface area contributed by atoms with Crippen LogP contribution in [-0.4, -0.2) is 55.3 Å². The van der Waals surface area contributed by atoms with Crippen LogP contribution in [0, 0.1) is 5.92 Å². The molecule has 6 nitrogen and oxygen atoms in total. The van der Waals surface area contributed by atoms with Gasteiger partial charge in [0.25, 0.3) is 0 Å². The molecule has 0 bridgehead atoms. The molecule has 0 aliphatic heterocycles. The summed E-state index contributed by atoms with van der Waals surface area (Å²) in [5.74, 6) is -1.37. The number of rotatable bonds is 19. The van der Waals surface area contributed by atoms with Gasteiger partial charge in [0, 0.05) is 18.9 Å². The Bertz CT molecular complexity index is 442. The van der Waals surface area contributed by atoms with E-state index in [9.17, 15) is 9.59 Å². The summed E-state index contributed by atoms with van der Waals surface area (Å²) in [5.41, 5.74) is 6.20. The molecule has 7 heteroatoms. The van der Waals surface area contributed by atoms with Crippen LogP contribution in [0.5, 0.6) is 0 Å². The first-order valence-corrected chi connectivity index (χ1v) is 11.7. The van der Waals surface area contributed by atoms with Gasteiger partial charge in [0.05, 0.1) is 27.6 Å². The lowest BCUT2D eigenvalue weighted by Gasteiger charge is -2.35. The third-order valence-corrected chi connectivity index (χ3v) is 5.61. The van der Waals surface area contributed by atoms with Crippen LogP contribution in [0.15, 0.2) is 0 Å². The molecule has 1 unspecified atom stereocenters. The molecule has 0 rings (SSSR count). The molecule has 0 spiro atoms. The van der Waals surface area contributed by atoms with E-state index in [2.05, 4.69) is 12.2 Å². The van der Waals surface area contributed by atoms with Crippen LogP contribution in [0.25, 0.3) is 0 Å². The van der Waals surface area contributed by atoms with Gasteiger partial charge in [0.2, 0.25) is 5.91 Å². The Morgan fingerprint density at radius 3 is 1.67 bits per heavy atom. The summed E-state index contributed by atoms with van der Waals surface area (Å²) in [6, 6.07) is 0. The number of nitrogens with one attached hydrogen (secondary N) is 1. The van der Waals surface area contributed by atoms with Crippen LogP contribution < -0.4 is 11.1 Å². The van der Waals surface area contributed by atoms with Crippen molar-refractivity contribution in [3.63, 3.8) is 0 Å². The normalized spacial score (nSPS) is 13.4. The zero-order valence-corrected chi connectivity index (χ0v) is 20.8. The number of amides is 1.